The summed E-state index contributed by atoms with van der Waals surface area (Å²) in [7, 11) is 1.11. The van der Waals surface area contributed by atoms with E-state index in [0.717, 1.165) is 7.11 Å². The van der Waals surface area contributed by atoms with Crippen LogP contribution in [0.15, 0.2) is 11.6 Å². The van der Waals surface area contributed by atoms with Gasteiger partial charge in [0.05, 0.1) is 37.9 Å². The third-order valence-electron chi connectivity index (χ3n) is 10.1. The van der Waals surface area contributed by atoms with E-state index in [2.05, 4.69) is 0 Å². The zero-order valence-electron chi connectivity index (χ0n) is 21.6. The Balaban J connectivity index is 1.71. The lowest BCUT2D eigenvalue weighted by molar-refractivity contribution is -0.307. The Morgan fingerprint density at radius 3 is 2.41 bits per heavy atom. The van der Waals surface area contributed by atoms with Gasteiger partial charge in [0.15, 0.2) is 0 Å². The van der Waals surface area contributed by atoms with Gasteiger partial charge in [0, 0.05) is 17.4 Å². The van der Waals surface area contributed by atoms with E-state index in [0.29, 0.717) is 5.57 Å². The molecular weight excluding hydrogens is 488 g/mol. The van der Waals surface area contributed by atoms with Crippen molar-refractivity contribution in [2.24, 2.45) is 34.5 Å². The second-order valence-electron chi connectivity index (χ2n) is 12.1. The number of aliphatic hydroxyl groups is 4. The van der Waals surface area contributed by atoms with E-state index >= 15 is 0 Å². The number of methoxy groups -OCH3 is 1. The van der Waals surface area contributed by atoms with Crippen molar-refractivity contribution in [1.29, 1.82) is 0 Å². The zero-order chi connectivity index (χ0) is 27.2. The number of allylic oxidation sites excluding steroid dienone is 1. The molecule has 2 heterocycles. The third kappa shape index (κ3) is 3.21. The van der Waals surface area contributed by atoms with Gasteiger partial charge in [-0.15, -0.1) is 0 Å². The minimum atomic E-state index is -2.18. The summed E-state index contributed by atoms with van der Waals surface area (Å²) in [4.78, 5) is 39.4. The van der Waals surface area contributed by atoms with Crippen molar-refractivity contribution in [3.8, 4) is 0 Å². The summed E-state index contributed by atoms with van der Waals surface area (Å²) in [5, 5.41) is 44.7. The van der Waals surface area contributed by atoms with Crippen molar-refractivity contribution in [2.45, 2.75) is 82.8 Å². The SMILES string of the molecule is COC(=O)[C@@]12OC[C@]34[C@H]([C@@H](O)[C@@H]1O)[C@@]1(C)C[C@@H](O)[C@@H](O)[C@@H](C)[C@@H]1C[C@H]3OC(=O)[C@H](OC(=O)C=C(C)C)[C@@H]24. The molecule has 2 bridgehead atoms. The molecule has 5 aliphatic rings. The zero-order valence-corrected chi connectivity index (χ0v) is 21.6. The smallest absolute Gasteiger partial charge is 0.348 e. The van der Waals surface area contributed by atoms with Gasteiger partial charge in [-0.2, -0.15) is 0 Å². The van der Waals surface area contributed by atoms with Gasteiger partial charge < -0.3 is 39.4 Å². The number of fused-ring (bicyclic) bond motifs is 2. The Hall–Kier alpha value is -2.05. The van der Waals surface area contributed by atoms with Crippen molar-refractivity contribution >= 4 is 17.9 Å². The normalized spacial score (nSPS) is 51.8. The van der Waals surface area contributed by atoms with E-state index in [1.165, 1.54) is 6.08 Å². The van der Waals surface area contributed by atoms with Gasteiger partial charge in [-0.3, -0.25) is 0 Å². The van der Waals surface area contributed by atoms with Crippen molar-refractivity contribution < 1.29 is 53.8 Å². The van der Waals surface area contributed by atoms with Crippen molar-refractivity contribution in [1.82, 2.24) is 0 Å². The predicted molar refractivity (Wildman–Crippen MR) is 123 cm³/mol. The van der Waals surface area contributed by atoms with E-state index in [4.69, 9.17) is 18.9 Å². The Morgan fingerprint density at radius 2 is 1.78 bits per heavy atom. The largest absolute Gasteiger partial charge is 0.467 e. The Labute approximate surface area is 214 Å². The number of ether oxygens (including phenoxy) is 4. The quantitative estimate of drug-likeness (QED) is 0.213. The molecule has 0 amide bonds. The van der Waals surface area contributed by atoms with Gasteiger partial charge in [0.25, 0.3) is 0 Å². The molecule has 2 aliphatic heterocycles. The molecule has 0 unspecified atom stereocenters. The highest BCUT2D eigenvalue weighted by molar-refractivity contribution is 5.89. The molecule has 5 rings (SSSR count). The predicted octanol–water partition coefficient (Wildman–Crippen LogP) is -0.526. The molecule has 2 saturated heterocycles. The van der Waals surface area contributed by atoms with Gasteiger partial charge in [0.2, 0.25) is 11.7 Å². The Bertz CT molecular complexity index is 1040. The molecular formula is C26H36O11. The van der Waals surface area contributed by atoms with Crippen LogP contribution in [0.1, 0.15) is 40.5 Å². The fraction of sp³-hybridized carbons (Fsp3) is 0.808. The molecule has 11 heteroatoms. The minimum absolute atomic E-state index is 0.111. The summed E-state index contributed by atoms with van der Waals surface area (Å²) >= 11 is 0. The van der Waals surface area contributed by atoms with Crippen LogP contribution in [0, 0.1) is 34.5 Å². The molecule has 11 nitrogen and oxygen atoms in total. The van der Waals surface area contributed by atoms with Crippen LogP contribution < -0.4 is 0 Å². The molecule has 0 aromatic carbocycles. The summed E-state index contributed by atoms with van der Waals surface area (Å²) in [6.07, 6.45) is -6.32. The Morgan fingerprint density at radius 1 is 1.11 bits per heavy atom. The number of hydrogen-bond acceptors (Lipinski definition) is 11. The van der Waals surface area contributed by atoms with Crippen LogP contribution in [-0.2, 0) is 33.3 Å². The van der Waals surface area contributed by atoms with E-state index < -0.39 is 88.7 Å². The van der Waals surface area contributed by atoms with Crippen LogP contribution in [0.4, 0.5) is 0 Å². The summed E-state index contributed by atoms with van der Waals surface area (Å²) in [6.45, 7) is 6.88. The first-order valence-corrected chi connectivity index (χ1v) is 12.8. The lowest BCUT2D eigenvalue weighted by Crippen LogP contribution is -2.80. The van der Waals surface area contributed by atoms with Crippen LogP contribution in [0.5, 0.6) is 0 Å². The maximum atomic E-state index is 13.4. The van der Waals surface area contributed by atoms with Crippen LogP contribution in [0.25, 0.3) is 0 Å². The van der Waals surface area contributed by atoms with Crippen molar-refractivity contribution in [3.63, 3.8) is 0 Å². The average molecular weight is 525 g/mol. The van der Waals surface area contributed by atoms with Crippen LogP contribution >= 0.6 is 0 Å². The molecule has 0 radical (unpaired) electrons. The number of rotatable bonds is 3. The van der Waals surface area contributed by atoms with Crippen molar-refractivity contribution in [3.05, 3.63) is 11.6 Å². The highest BCUT2D eigenvalue weighted by Crippen LogP contribution is 2.73. The van der Waals surface area contributed by atoms with Gasteiger partial charge in [-0.05, 0) is 43.9 Å². The summed E-state index contributed by atoms with van der Waals surface area (Å²) in [6, 6.07) is 0. The topological polar surface area (TPSA) is 169 Å². The molecule has 3 saturated carbocycles. The first kappa shape index (κ1) is 26.6. The van der Waals surface area contributed by atoms with Gasteiger partial charge in [-0.25, -0.2) is 14.4 Å². The van der Waals surface area contributed by atoms with E-state index in [1.807, 2.05) is 6.92 Å². The lowest BCUT2D eigenvalue weighted by atomic mass is 9.37. The second-order valence-corrected chi connectivity index (χ2v) is 12.1. The fourth-order valence-corrected chi connectivity index (χ4v) is 8.82. The number of esters is 3. The highest BCUT2D eigenvalue weighted by atomic mass is 16.6. The van der Waals surface area contributed by atoms with Crippen molar-refractivity contribution in [2.75, 3.05) is 13.7 Å². The first-order valence-electron chi connectivity index (χ1n) is 12.8. The first-order chi connectivity index (χ1) is 17.3. The highest BCUT2D eigenvalue weighted by Gasteiger charge is 2.85. The van der Waals surface area contributed by atoms with Crippen LogP contribution in [0.3, 0.4) is 0 Å². The monoisotopic (exact) mass is 524 g/mol. The molecule has 5 fully saturated rings. The molecule has 3 aliphatic carbocycles. The van der Waals surface area contributed by atoms with Crippen LogP contribution in [-0.4, -0.2) is 94.3 Å². The summed E-state index contributed by atoms with van der Waals surface area (Å²) in [5.41, 5.74) is -3.63. The number of carbonyl (C=O) groups is 3. The lowest BCUT2D eigenvalue weighted by Gasteiger charge is -2.69. The van der Waals surface area contributed by atoms with E-state index in [1.54, 1.807) is 20.8 Å². The minimum Gasteiger partial charge on any atom is -0.467 e. The molecule has 1 spiro atoms. The molecule has 206 valence electrons. The van der Waals surface area contributed by atoms with Gasteiger partial charge in [0.1, 0.15) is 12.2 Å². The molecule has 0 aromatic heterocycles. The average Bonchev–Trinajstić information content (AvgIpc) is 3.12. The van der Waals surface area contributed by atoms with E-state index in [9.17, 15) is 34.8 Å². The molecule has 4 N–H and O–H groups in total. The van der Waals surface area contributed by atoms with Crippen LogP contribution in [0.2, 0.25) is 0 Å². The molecule has 13 atom stereocenters. The fourth-order valence-electron chi connectivity index (χ4n) is 8.82. The summed E-state index contributed by atoms with van der Waals surface area (Å²) < 4.78 is 22.6. The third-order valence-corrected chi connectivity index (χ3v) is 10.1. The summed E-state index contributed by atoms with van der Waals surface area (Å²) in [5.74, 6) is -5.43. The van der Waals surface area contributed by atoms with E-state index in [-0.39, 0.29) is 25.4 Å². The maximum Gasteiger partial charge on any atom is 0.348 e. The maximum absolute atomic E-state index is 13.4. The van der Waals surface area contributed by atoms with Gasteiger partial charge in [-0.1, -0.05) is 19.4 Å². The molecule has 0 aromatic rings. The van der Waals surface area contributed by atoms with Gasteiger partial charge >= 0.3 is 17.9 Å². The Kier molecular flexibility index (Phi) is 6.08. The number of hydrogen-bond donors (Lipinski definition) is 4. The second kappa shape index (κ2) is 8.47. The standard InChI is InChI=1S/C26H36O11/c1-10(2)6-15(28)37-18-20-25-9-35-26(20,23(33)34-5)21(31)17(30)19(25)24(4)8-13(27)16(29)11(3)12(24)7-14(25)36-22(18)32/h6,11-14,16-21,27,29-31H,7-9H2,1-5H3/t11-,12-,13+,14+,16-,17+,18+,19+,20+,21-,24-,25+,26-/m0/s1. The number of carbonyl (C=O) groups excluding carboxylic acids is 3. The number of aliphatic hydroxyl groups excluding tert-OH is 4. The molecule has 37 heavy (non-hydrogen) atoms.